The number of aliphatic imine (C=N–C) groups is 1. The van der Waals surface area contributed by atoms with Gasteiger partial charge >= 0.3 is 0 Å². The van der Waals surface area contributed by atoms with E-state index in [1.807, 2.05) is 0 Å². The third-order valence-electron chi connectivity index (χ3n) is 5.75. The lowest BCUT2D eigenvalue weighted by Gasteiger charge is -2.39. The number of halogens is 1. The number of rotatable bonds is 9. The molecule has 1 atom stereocenters. The third-order valence-corrected chi connectivity index (χ3v) is 5.75. The number of guanidine groups is 1. The lowest BCUT2D eigenvalue weighted by Crippen LogP contribution is -2.53. The molecule has 1 aliphatic carbocycles. The van der Waals surface area contributed by atoms with E-state index in [9.17, 15) is 5.11 Å². The van der Waals surface area contributed by atoms with Crippen LogP contribution < -0.4 is 10.6 Å². The van der Waals surface area contributed by atoms with E-state index in [4.69, 9.17) is 4.74 Å². The van der Waals surface area contributed by atoms with E-state index < -0.39 is 5.60 Å². The molecule has 1 saturated heterocycles. The summed E-state index contributed by atoms with van der Waals surface area (Å²) >= 11 is 0. The number of aliphatic hydroxyl groups is 1. The largest absolute Gasteiger partial charge is 0.388 e. The molecule has 0 aromatic carbocycles. The first-order valence-electron chi connectivity index (χ1n) is 10.2. The number of hydrogen-bond donors (Lipinski definition) is 3. The van der Waals surface area contributed by atoms with Crippen molar-refractivity contribution in [3.05, 3.63) is 0 Å². The molecule has 1 unspecified atom stereocenters. The second kappa shape index (κ2) is 12.4. The van der Waals surface area contributed by atoms with Gasteiger partial charge in [0, 0.05) is 32.2 Å². The van der Waals surface area contributed by atoms with Gasteiger partial charge in [0.15, 0.2) is 5.96 Å². The Morgan fingerprint density at radius 2 is 1.81 bits per heavy atom. The fourth-order valence-corrected chi connectivity index (χ4v) is 3.85. The fourth-order valence-electron chi connectivity index (χ4n) is 3.85. The summed E-state index contributed by atoms with van der Waals surface area (Å²) in [6, 6.07) is 0.495. The van der Waals surface area contributed by atoms with Crippen LogP contribution in [0.25, 0.3) is 0 Å². The molecule has 2 rings (SSSR count). The van der Waals surface area contributed by atoms with Crippen molar-refractivity contribution in [2.24, 2.45) is 10.9 Å². The highest BCUT2D eigenvalue weighted by atomic mass is 127. The molecule has 0 aromatic heterocycles. The van der Waals surface area contributed by atoms with Gasteiger partial charge in [-0.3, -0.25) is 9.89 Å². The fraction of sp³-hybridized carbons (Fsp3) is 0.947. The summed E-state index contributed by atoms with van der Waals surface area (Å²) in [5.74, 6) is 1.50. The Labute approximate surface area is 176 Å². The Balaban J connectivity index is 0.00000338. The summed E-state index contributed by atoms with van der Waals surface area (Å²) in [6.07, 6.45) is 5.24. The van der Waals surface area contributed by atoms with Crippen molar-refractivity contribution in [2.45, 2.75) is 64.5 Å². The molecule has 1 aliphatic heterocycles. The first-order chi connectivity index (χ1) is 12.1. The van der Waals surface area contributed by atoms with Gasteiger partial charge in [-0.2, -0.15) is 0 Å². The number of morpholine rings is 1. The molecule has 0 bridgehead atoms. The van der Waals surface area contributed by atoms with E-state index in [1.165, 1.54) is 12.8 Å². The molecule has 1 heterocycles. The van der Waals surface area contributed by atoms with Crippen LogP contribution in [0.2, 0.25) is 0 Å². The minimum Gasteiger partial charge on any atom is -0.388 e. The Morgan fingerprint density at radius 1 is 1.15 bits per heavy atom. The second-order valence-corrected chi connectivity index (χ2v) is 7.45. The van der Waals surface area contributed by atoms with Gasteiger partial charge in [0.25, 0.3) is 0 Å². The molecule has 154 valence electrons. The minimum atomic E-state index is -0.568. The van der Waals surface area contributed by atoms with Gasteiger partial charge in [-0.25, -0.2) is 0 Å². The SMILES string of the molecule is CCNC(=NCC1(O)CCC1)NCC(C(CC)CC)N1CCOCC1.I. The van der Waals surface area contributed by atoms with Crippen molar-refractivity contribution in [3.8, 4) is 0 Å². The Hall–Kier alpha value is -0.120. The quantitative estimate of drug-likeness (QED) is 0.267. The summed E-state index contributed by atoms with van der Waals surface area (Å²) in [4.78, 5) is 7.20. The summed E-state index contributed by atoms with van der Waals surface area (Å²) in [5, 5.41) is 17.1. The summed E-state index contributed by atoms with van der Waals surface area (Å²) in [6.45, 7) is 12.5. The maximum Gasteiger partial charge on any atom is 0.191 e. The van der Waals surface area contributed by atoms with E-state index >= 15 is 0 Å². The molecule has 7 heteroatoms. The van der Waals surface area contributed by atoms with Gasteiger partial charge in [0.1, 0.15) is 0 Å². The number of nitrogens with zero attached hydrogens (tertiary/aromatic N) is 2. The monoisotopic (exact) mass is 482 g/mol. The van der Waals surface area contributed by atoms with Gasteiger partial charge in [0.2, 0.25) is 0 Å². The smallest absolute Gasteiger partial charge is 0.191 e. The molecule has 6 nitrogen and oxygen atoms in total. The molecule has 2 fully saturated rings. The molecule has 0 aromatic rings. The van der Waals surface area contributed by atoms with Crippen molar-refractivity contribution in [2.75, 3.05) is 45.9 Å². The van der Waals surface area contributed by atoms with Gasteiger partial charge < -0.3 is 20.5 Å². The second-order valence-electron chi connectivity index (χ2n) is 7.45. The molecule has 3 N–H and O–H groups in total. The summed E-state index contributed by atoms with van der Waals surface area (Å²) < 4.78 is 5.53. The number of ether oxygens (including phenoxy) is 1. The minimum absolute atomic E-state index is 0. The van der Waals surface area contributed by atoms with Crippen molar-refractivity contribution in [1.82, 2.24) is 15.5 Å². The molecule has 1 saturated carbocycles. The van der Waals surface area contributed by atoms with Gasteiger partial charge in [-0.15, -0.1) is 24.0 Å². The topological polar surface area (TPSA) is 69.1 Å². The summed E-state index contributed by atoms with van der Waals surface area (Å²) in [5.41, 5.74) is -0.568. The van der Waals surface area contributed by atoms with Crippen molar-refractivity contribution in [3.63, 3.8) is 0 Å². The zero-order chi connectivity index (χ0) is 18.1. The molecule has 0 spiro atoms. The first kappa shape index (κ1) is 23.9. The Kier molecular flexibility index (Phi) is 11.4. The lowest BCUT2D eigenvalue weighted by atomic mass is 9.80. The summed E-state index contributed by atoms with van der Waals surface area (Å²) in [7, 11) is 0. The van der Waals surface area contributed by atoms with Crippen LogP contribution in [-0.4, -0.2) is 73.5 Å². The van der Waals surface area contributed by atoms with Crippen molar-refractivity contribution < 1.29 is 9.84 Å². The average molecular weight is 482 g/mol. The normalized spacial score (nSPS) is 21.7. The van der Waals surface area contributed by atoms with Crippen molar-refractivity contribution in [1.29, 1.82) is 0 Å². The highest BCUT2D eigenvalue weighted by molar-refractivity contribution is 14.0. The predicted octanol–water partition coefficient (Wildman–Crippen LogP) is 2.21. The predicted molar refractivity (Wildman–Crippen MR) is 118 cm³/mol. The van der Waals surface area contributed by atoms with Crippen LogP contribution in [0.15, 0.2) is 4.99 Å². The van der Waals surface area contributed by atoms with Gasteiger partial charge in [0.05, 0.1) is 25.4 Å². The van der Waals surface area contributed by atoms with Gasteiger partial charge in [-0.1, -0.05) is 26.7 Å². The van der Waals surface area contributed by atoms with Crippen molar-refractivity contribution >= 4 is 29.9 Å². The zero-order valence-electron chi connectivity index (χ0n) is 16.8. The molecule has 2 aliphatic rings. The molecular formula is C19H39IN4O2. The first-order valence-corrected chi connectivity index (χ1v) is 10.2. The van der Waals surface area contributed by atoms with E-state index in [2.05, 4.69) is 41.3 Å². The average Bonchev–Trinajstić information content (AvgIpc) is 2.62. The lowest BCUT2D eigenvalue weighted by molar-refractivity contribution is -0.0236. The number of hydrogen-bond acceptors (Lipinski definition) is 4. The molecule has 0 amide bonds. The maximum atomic E-state index is 10.3. The highest BCUT2D eigenvalue weighted by Gasteiger charge is 2.34. The highest BCUT2D eigenvalue weighted by Crippen LogP contribution is 2.31. The van der Waals surface area contributed by atoms with E-state index in [-0.39, 0.29) is 24.0 Å². The molecular weight excluding hydrogens is 443 g/mol. The van der Waals surface area contributed by atoms with Crippen LogP contribution in [0, 0.1) is 5.92 Å². The maximum absolute atomic E-state index is 10.3. The Bertz CT molecular complexity index is 408. The van der Waals surface area contributed by atoms with E-state index in [0.29, 0.717) is 18.5 Å². The Morgan fingerprint density at radius 3 is 2.31 bits per heavy atom. The molecule has 0 radical (unpaired) electrons. The number of nitrogens with one attached hydrogen (secondary N) is 2. The van der Waals surface area contributed by atoms with Crippen LogP contribution in [0.3, 0.4) is 0 Å². The molecule has 26 heavy (non-hydrogen) atoms. The van der Waals surface area contributed by atoms with Crippen LogP contribution in [0.4, 0.5) is 0 Å². The van der Waals surface area contributed by atoms with Crippen LogP contribution >= 0.6 is 24.0 Å². The van der Waals surface area contributed by atoms with Crippen LogP contribution in [-0.2, 0) is 4.74 Å². The van der Waals surface area contributed by atoms with E-state index in [1.54, 1.807) is 0 Å². The van der Waals surface area contributed by atoms with E-state index in [0.717, 1.165) is 64.6 Å². The van der Waals surface area contributed by atoms with Crippen LogP contribution in [0.5, 0.6) is 0 Å². The third kappa shape index (κ3) is 7.13. The standard InChI is InChI=1S/C19H38N4O2.HI/c1-4-16(5-2)17(23-10-12-25-13-11-23)14-21-18(20-6-3)22-15-19(24)8-7-9-19;/h16-17,24H,4-15H2,1-3H3,(H2,20,21,22);1H. The van der Waals surface area contributed by atoms with Gasteiger partial charge in [-0.05, 0) is 32.1 Å². The van der Waals surface area contributed by atoms with Crippen LogP contribution in [0.1, 0.15) is 52.9 Å². The zero-order valence-corrected chi connectivity index (χ0v) is 19.1.